The Morgan fingerprint density at radius 3 is 1.69 bits per heavy atom. The van der Waals surface area contributed by atoms with Gasteiger partial charge in [0.2, 0.25) is 0 Å². The highest BCUT2D eigenvalue weighted by molar-refractivity contribution is 7.80. The summed E-state index contributed by atoms with van der Waals surface area (Å²) in [5.74, 6) is 0. The lowest BCUT2D eigenvalue weighted by Crippen LogP contribution is -2.04. The minimum atomic E-state index is -4.67. The lowest BCUT2D eigenvalue weighted by atomic mass is 10.2. The van der Waals surface area contributed by atoms with Crippen molar-refractivity contribution in [3.63, 3.8) is 0 Å². The van der Waals surface area contributed by atoms with Crippen LogP contribution < -0.4 is 0 Å². The van der Waals surface area contributed by atoms with E-state index >= 15 is 0 Å². The van der Waals surface area contributed by atoms with Gasteiger partial charge in [-0.2, -0.15) is 16.8 Å². The van der Waals surface area contributed by atoms with E-state index < -0.39 is 20.8 Å². The van der Waals surface area contributed by atoms with E-state index in [1.807, 2.05) is 0 Å². The second kappa shape index (κ2) is 8.84. The van der Waals surface area contributed by atoms with Crippen LogP contribution >= 0.6 is 0 Å². The molecule has 0 atom stereocenters. The van der Waals surface area contributed by atoms with E-state index in [0.29, 0.717) is 6.42 Å². The van der Waals surface area contributed by atoms with Crippen LogP contribution in [0.1, 0.15) is 32.6 Å². The lowest BCUT2D eigenvalue weighted by molar-refractivity contribution is 0.261. The summed E-state index contributed by atoms with van der Waals surface area (Å²) in [4.78, 5) is 0. The van der Waals surface area contributed by atoms with E-state index in [4.69, 9.17) is 22.1 Å². The second-order valence-corrected chi connectivity index (χ2v) is 4.75. The molecule has 0 aliphatic carbocycles. The van der Waals surface area contributed by atoms with Crippen molar-refractivity contribution in [1.29, 1.82) is 0 Å². The van der Waals surface area contributed by atoms with Crippen molar-refractivity contribution in [1.82, 2.24) is 0 Å². The van der Waals surface area contributed by atoms with E-state index in [0.717, 1.165) is 19.3 Å². The highest BCUT2D eigenvalue weighted by Gasteiger charge is 2.01. The molecule has 0 aromatic heterocycles. The molecular formula is C6H16O8S2. The Morgan fingerprint density at radius 2 is 1.38 bits per heavy atom. The molecule has 0 unspecified atom stereocenters. The Labute approximate surface area is 95.2 Å². The summed E-state index contributed by atoms with van der Waals surface area (Å²) >= 11 is 0. The fourth-order valence-corrected chi connectivity index (χ4v) is 1.02. The summed E-state index contributed by atoms with van der Waals surface area (Å²) in [7, 11) is -8.88. The zero-order valence-corrected chi connectivity index (χ0v) is 10.4. The van der Waals surface area contributed by atoms with Crippen LogP contribution in [0.25, 0.3) is 0 Å². The molecule has 0 radical (unpaired) electrons. The Morgan fingerprint density at radius 1 is 0.938 bits per heavy atom. The molecule has 10 heteroatoms. The number of hydrogen-bond donors (Lipinski definition) is 3. The maximum atomic E-state index is 10.00. The Bertz CT molecular complexity index is 335. The molecule has 100 valence electrons. The Kier molecular flexibility index (Phi) is 10.0. The smallest absolute Gasteiger partial charge is 0.264 e. The molecule has 0 rings (SSSR count). The first-order valence-electron chi connectivity index (χ1n) is 4.38. The van der Waals surface area contributed by atoms with Gasteiger partial charge in [0.25, 0.3) is 0 Å². The van der Waals surface area contributed by atoms with Gasteiger partial charge in [-0.15, -0.1) is 0 Å². The minimum Gasteiger partial charge on any atom is -0.264 e. The molecule has 8 nitrogen and oxygen atoms in total. The van der Waals surface area contributed by atoms with Crippen molar-refractivity contribution < 1.29 is 34.7 Å². The van der Waals surface area contributed by atoms with Gasteiger partial charge in [-0.25, -0.2) is 4.18 Å². The highest BCUT2D eigenvalue weighted by Crippen LogP contribution is 1.99. The van der Waals surface area contributed by atoms with Crippen molar-refractivity contribution in [3.8, 4) is 0 Å². The molecule has 0 spiro atoms. The van der Waals surface area contributed by atoms with Crippen molar-refractivity contribution in [3.05, 3.63) is 0 Å². The first-order valence-corrected chi connectivity index (χ1v) is 7.14. The van der Waals surface area contributed by atoms with Crippen LogP contribution in [0.5, 0.6) is 0 Å². The number of rotatable bonds is 6. The van der Waals surface area contributed by atoms with E-state index in [2.05, 4.69) is 11.1 Å². The fourth-order valence-electron chi connectivity index (χ4n) is 0.693. The van der Waals surface area contributed by atoms with E-state index in [-0.39, 0.29) is 6.61 Å². The summed E-state index contributed by atoms with van der Waals surface area (Å²) in [5, 5.41) is 0. The van der Waals surface area contributed by atoms with Crippen LogP contribution in [0.3, 0.4) is 0 Å². The largest absolute Gasteiger partial charge is 0.397 e. The molecule has 0 aliphatic heterocycles. The molecule has 0 aromatic rings. The van der Waals surface area contributed by atoms with Gasteiger partial charge in [-0.3, -0.25) is 13.7 Å². The van der Waals surface area contributed by atoms with Crippen LogP contribution in [-0.4, -0.2) is 37.1 Å². The normalized spacial score (nSPS) is 11.8. The van der Waals surface area contributed by atoms with Crippen LogP contribution in [-0.2, 0) is 25.0 Å². The van der Waals surface area contributed by atoms with Gasteiger partial charge in [-0.1, -0.05) is 26.2 Å². The molecule has 3 N–H and O–H groups in total. The molecule has 16 heavy (non-hydrogen) atoms. The molecule has 0 amide bonds. The third kappa shape index (κ3) is 37.2. The van der Waals surface area contributed by atoms with Crippen molar-refractivity contribution in [2.45, 2.75) is 32.6 Å². The van der Waals surface area contributed by atoms with Gasteiger partial charge in [0.1, 0.15) is 0 Å². The molecule has 0 saturated carbocycles. The molecule has 0 heterocycles. The average Bonchev–Trinajstić information content (AvgIpc) is 1.98. The van der Waals surface area contributed by atoms with Gasteiger partial charge in [0, 0.05) is 0 Å². The van der Waals surface area contributed by atoms with Gasteiger partial charge in [0.15, 0.2) is 0 Å². The van der Waals surface area contributed by atoms with Crippen LogP contribution in [0.15, 0.2) is 0 Å². The number of unbranched alkanes of at least 4 members (excludes halogenated alkanes) is 3. The van der Waals surface area contributed by atoms with Gasteiger partial charge in [-0.05, 0) is 6.42 Å². The summed E-state index contributed by atoms with van der Waals surface area (Å²) in [6.45, 7) is 2.14. The maximum Gasteiger partial charge on any atom is 0.397 e. The zero-order valence-electron chi connectivity index (χ0n) is 8.73. The Hall–Kier alpha value is -0.260. The van der Waals surface area contributed by atoms with E-state index in [9.17, 15) is 8.42 Å². The third-order valence-corrected chi connectivity index (χ3v) is 1.69. The maximum absolute atomic E-state index is 10.00. The van der Waals surface area contributed by atoms with Crippen LogP contribution in [0.4, 0.5) is 0 Å². The molecule has 0 saturated heterocycles. The number of hydrogen-bond acceptors (Lipinski definition) is 5. The predicted molar refractivity (Wildman–Crippen MR) is 55.8 cm³/mol. The molecule has 0 aliphatic rings. The van der Waals surface area contributed by atoms with Crippen molar-refractivity contribution in [2.24, 2.45) is 0 Å². The zero-order chi connectivity index (χ0) is 13.2. The van der Waals surface area contributed by atoms with Crippen molar-refractivity contribution >= 4 is 20.8 Å². The van der Waals surface area contributed by atoms with Gasteiger partial charge < -0.3 is 0 Å². The summed E-state index contributed by atoms with van der Waals surface area (Å²) < 4.78 is 63.8. The quantitative estimate of drug-likeness (QED) is 0.478. The summed E-state index contributed by atoms with van der Waals surface area (Å²) in [6, 6.07) is 0. The monoisotopic (exact) mass is 280 g/mol. The molecular weight excluding hydrogens is 264 g/mol. The molecule has 0 aromatic carbocycles. The third-order valence-electron chi connectivity index (χ3n) is 1.23. The standard InChI is InChI=1S/C6H14O4S.H2O4S/c1-2-3-4-5-6-10-11(7,8)9;1-5(2,3)4/h2-6H2,1H3,(H,7,8,9);(H2,1,2,3,4). The first-order chi connectivity index (χ1) is 7.06. The van der Waals surface area contributed by atoms with Crippen molar-refractivity contribution in [2.75, 3.05) is 6.61 Å². The van der Waals surface area contributed by atoms with Gasteiger partial charge in [0.05, 0.1) is 6.61 Å². The summed E-state index contributed by atoms with van der Waals surface area (Å²) in [5.41, 5.74) is 0. The average molecular weight is 280 g/mol. The topological polar surface area (TPSA) is 138 Å². The minimum absolute atomic E-state index is 0.0822. The molecule has 0 bridgehead atoms. The second-order valence-electron chi connectivity index (χ2n) is 2.76. The first kappa shape index (κ1) is 18.1. The highest BCUT2D eigenvalue weighted by atomic mass is 32.3. The van der Waals surface area contributed by atoms with E-state index in [1.165, 1.54) is 0 Å². The SMILES string of the molecule is CCCCCCOS(=O)(=O)O.O=S(=O)(O)O. The fraction of sp³-hybridized carbons (Fsp3) is 1.00. The predicted octanol–water partition coefficient (Wildman–Crippen LogP) is 0.733. The van der Waals surface area contributed by atoms with Crippen LogP contribution in [0.2, 0.25) is 0 Å². The molecule has 0 fully saturated rings. The van der Waals surface area contributed by atoms with Crippen LogP contribution in [0, 0.1) is 0 Å². The Balaban J connectivity index is 0. The lowest BCUT2D eigenvalue weighted by Gasteiger charge is -1.98. The van der Waals surface area contributed by atoms with E-state index in [1.54, 1.807) is 0 Å². The van der Waals surface area contributed by atoms with Gasteiger partial charge >= 0.3 is 20.8 Å². The summed E-state index contributed by atoms with van der Waals surface area (Å²) in [6.07, 6.45) is 3.76.